The van der Waals surface area contributed by atoms with Gasteiger partial charge in [-0.25, -0.2) is 13.4 Å². The van der Waals surface area contributed by atoms with Gasteiger partial charge < -0.3 is 14.5 Å². The number of rotatable bonds is 11. The van der Waals surface area contributed by atoms with Crippen molar-refractivity contribution in [3.63, 3.8) is 0 Å². The topological polar surface area (TPSA) is 111 Å². The normalized spacial score (nSPS) is 11.4. The van der Waals surface area contributed by atoms with Gasteiger partial charge in [-0.3, -0.25) is 9.52 Å². The van der Waals surface area contributed by atoms with E-state index in [1.807, 2.05) is 24.3 Å². The first kappa shape index (κ1) is 25.6. The minimum absolute atomic E-state index is 0.0517. The number of hydrogen-bond donors (Lipinski definition) is 2. The Labute approximate surface area is 214 Å². The number of thioether (sulfide) groups is 1. The van der Waals surface area contributed by atoms with E-state index >= 15 is 0 Å². The summed E-state index contributed by atoms with van der Waals surface area (Å²) in [5.74, 6) is 0.547. The summed E-state index contributed by atoms with van der Waals surface area (Å²) in [4.78, 5) is 16.8. The van der Waals surface area contributed by atoms with Gasteiger partial charge in [0.2, 0.25) is 5.91 Å². The van der Waals surface area contributed by atoms with Crippen molar-refractivity contribution in [2.24, 2.45) is 0 Å². The molecule has 0 bridgehead atoms. The van der Waals surface area contributed by atoms with Gasteiger partial charge in [-0.05, 0) is 73.0 Å². The number of methoxy groups -OCH3 is 1. The molecule has 0 spiro atoms. The molecule has 10 heteroatoms. The van der Waals surface area contributed by atoms with Crippen molar-refractivity contribution < 1.29 is 22.4 Å². The molecule has 0 unspecified atom stereocenters. The minimum Gasteiger partial charge on any atom is -0.497 e. The number of carbonyl (C=O) groups is 1. The third kappa shape index (κ3) is 6.58. The fraction of sp³-hybridized carbons (Fsp3) is 0.231. The summed E-state index contributed by atoms with van der Waals surface area (Å²) in [6.07, 6.45) is 3.31. The Morgan fingerprint density at radius 1 is 1.03 bits per heavy atom. The average molecular weight is 526 g/mol. The molecule has 3 aromatic carbocycles. The summed E-state index contributed by atoms with van der Waals surface area (Å²) >= 11 is 1.14. The van der Waals surface area contributed by atoms with Gasteiger partial charge in [0, 0.05) is 11.4 Å². The third-order valence-corrected chi connectivity index (χ3v) is 7.58. The Morgan fingerprint density at radius 2 is 1.75 bits per heavy atom. The van der Waals surface area contributed by atoms with E-state index in [2.05, 4.69) is 21.9 Å². The molecule has 0 aliphatic rings. The predicted molar refractivity (Wildman–Crippen MR) is 142 cm³/mol. The lowest BCUT2D eigenvalue weighted by molar-refractivity contribution is -0.113. The van der Waals surface area contributed by atoms with Crippen LogP contribution in [-0.2, 0) is 21.2 Å². The molecule has 0 saturated carbocycles. The number of aryl methyl sites for hydroxylation is 1. The number of anilines is 2. The number of nitrogens with zero attached hydrogens (tertiary/aromatic N) is 1. The number of unbranched alkanes of at least 4 members (excludes halogenated alkanes) is 1. The zero-order chi connectivity index (χ0) is 25.5. The number of hydrogen-bond acceptors (Lipinski definition) is 7. The van der Waals surface area contributed by atoms with Crippen LogP contribution in [-0.4, -0.2) is 32.2 Å². The number of fused-ring (bicyclic) bond motifs is 1. The number of sulfonamides is 1. The monoisotopic (exact) mass is 525 g/mol. The van der Waals surface area contributed by atoms with E-state index in [9.17, 15) is 13.2 Å². The zero-order valence-corrected chi connectivity index (χ0v) is 21.6. The summed E-state index contributed by atoms with van der Waals surface area (Å²) in [6.45, 7) is 2.16. The van der Waals surface area contributed by atoms with E-state index in [1.165, 1.54) is 24.8 Å². The standard InChI is InChI=1S/C26H27N3O5S2/c1-3-4-5-18-6-8-19(9-7-18)27-25(30)17-35-26-28-23-16-22(14-15-24(23)34-26)36(31,32)29-20-10-12-21(33-2)13-11-20/h6-16,29H,3-5,17H2,1-2H3,(H,27,30). The van der Waals surface area contributed by atoms with E-state index < -0.39 is 10.0 Å². The summed E-state index contributed by atoms with van der Waals surface area (Å²) in [7, 11) is -2.29. The largest absolute Gasteiger partial charge is 0.497 e. The first-order valence-electron chi connectivity index (χ1n) is 11.5. The number of oxazole rings is 1. The van der Waals surface area contributed by atoms with E-state index in [1.54, 1.807) is 30.3 Å². The molecule has 1 heterocycles. The lowest BCUT2D eigenvalue weighted by atomic mass is 10.1. The summed E-state index contributed by atoms with van der Waals surface area (Å²) in [5.41, 5.74) is 3.21. The van der Waals surface area contributed by atoms with Crippen LogP contribution in [0.2, 0.25) is 0 Å². The number of nitrogens with one attached hydrogen (secondary N) is 2. The molecular weight excluding hydrogens is 498 g/mol. The maximum absolute atomic E-state index is 12.8. The molecule has 1 amide bonds. The van der Waals surface area contributed by atoms with E-state index in [0.717, 1.165) is 36.7 Å². The number of amides is 1. The molecule has 4 aromatic rings. The van der Waals surface area contributed by atoms with Gasteiger partial charge in [-0.15, -0.1) is 0 Å². The quantitative estimate of drug-likeness (QED) is 0.241. The van der Waals surface area contributed by atoms with Crippen molar-refractivity contribution in [2.45, 2.75) is 36.3 Å². The number of ether oxygens (including phenoxy) is 1. The molecular formula is C26H27N3O5S2. The lowest BCUT2D eigenvalue weighted by Gasteiger charge is -2.08. The van der Waals surface area contributed by atoms with Crippen LogP contribution in [0, 0.1) is 0 Å². The van der Waals surface area contributed by atoms with Gasteiger partial charge in [-0.2, -0.15) is 0 Å². The molecule has 8 nitrogen and oxygen atoms in total. The lowest BCUT2D eigenvalue weighted by Crippen LogP contribution is -2.13. The van der Waals surface area contributed by atoms with Gasteiger partial charge in [0.1, 0.15) is 11.3 Å². The van der Waals surface area contributed by atoms with Crippen LogP contribution in [0.25, 0.3) is 11.1 Å². The van der Waals surface area contributed by atoms with E-state index in [0.29, 0.717) is 22.5 Å². The first-order chi connectivity index (χ1) is 17.4. The summed E-state index contributed by atoms with van der Waals surface area (Å²) in [6, 6.07) is 18.8. The predicted octanol–water partition coefficient (Wildman–Crippen LogP) is 5.71. The van der Waals surface area contributed by atoms with Crippen molar-refractivity contribution in [2.75, 3.05) is 22.9 Å². The fourth-order valence-corrected chi connectivity index (χ4v) is 5.16. The Balaban J connectivity index is 1.37. The smallest absolute Gasteiger partial charge is 0.261 e. The molecule has 0 aliphatic carbocycles. The number of carbonyl (C=O) groups excluding carboxylic acids is 1. The van der Waals surface area contributed by atoms with Gasteiger partial charge in [0.25, 0.3) is 15.2 Å². The third-order valence-electron chi connectivity index (χ3n) is 5.38. The Hall–Kier alpha value is -3.50. The molecule has 4 rings (SSSR count). The highest BCUT2D eigenvalue weighted by molar-refractivity contribution is 7.99. The van der Waals surface area contributed by atoms with Crippen molar-refractivity contribution in [1.82, 2.24) is 4.98 Å². The average Bonchev–Trinajstić information content (AvgIpc) is 3.30. The van der Waals surface area contributed by atoms with Crippen molar-refractivity contribution >= 4 is 50.2 Å². The molecule has 0 radical (unpaired) electrons. The molecule has 0 fully saturated rings. The maximum atomic E-state index is 12.8. The van der Waals surface area contributed by atoms with Crippen LogP contribution in [0.1, 0.15) is 25.3 Å². The second kappa shape index (κ2) is 11.5. The summed E-state index contributed by atoms with van der Waals surface area (Å²) < 4.78 is 38.9. The molecule has 0 saturated heterocycles. The molecule has 0 atom stereocenters. The second-order valence-corrected chi connectivity index (χ2v) is 10.7. The molecule has 1 aromatic heterocycles. The van der Waals surface area contributed by atoms with Crippen LogP contribution in [0.15, 0.2) is 81.3 Å². The highest BCUT2D eigenvalue weighted by Crippen LogP contribution is 2.27. The zero-order valence-electron chi connectivity index (χ0n) is 20.0. The van der Waals surface area contributed by atoms with Crippen molar-refractivity contribution in [1.29, 1.82) is 0 Å². The maximum Gasteiger partial charge on any atom is 0.261 e. The van der Waals surface area contributed by atoms with E-state index in [4.69, 9.17) is 9.15 Å². The highest BCUT2D eigenvalue weighted by Gasteiger charge is 2.17. The van der Waals surface area contributed by atoms with Crippen LogP contribution in [0.3, 0.4) is 0 Å². The van der Waals surface area contributed by atoms with Crippen LogP contribution in [0.5, 0.6) is 5.75 Å². The fourth-order valence-electron chi connectivity index (χ4n) is 3.45. The minimum atomic E-state index is -3.83. The number of benzene rings is 3. The molecule has 2 N–H and O–H groups in total. The van der Waals surface area contributed by atoms with E-state index in [-0.39, 0.29) is 21.8 Å². The highest BCUT2D eigenvalue weighted by atomic mass is 32.2. The van der Waals surface area contributed by atoms with Gasteiger partial charge in [-0.1, -0.05) is 37.2 Å². The summed E-state index contributed by atoms with van der Waals surface area (Å²) in [5, 5.41) is 3.15. The van der Waals surface area contributed by atoms with Crippen molar-refractivity contribution in [3.8, 4) is 5.75 Å². The van der Waals surface area contributed by atoms with Gasteiger partial charge in [0.05, 0.1) is 17.8 Å². The second-order valence-electron chi connectivity index (χ2n) is 8.08. The van der Waals surface area contributed by atoms with Crippen molar-refractivity contribution in [3.05, 3.63) is 72.3 Å². The van der Waals surface area contributed by atoms with Crippen LogP contribution < -0.4 is 14.8 Å². The molecule has 0 aliphatic heterocycles. The Kier molecular flexibility index (Phi) is 8.17. The molecule has 188 valence electrons. The SMILES string of the molecule is CCCCc1ccc(NC(=O)CSc2nc3cc(S(=O)(=O)Nc4ccc(OC)cc4)ccc3o2)cc1. The van der Waals surface area contributed by atoms with Crippen LogP contribution in [0.4, 0.5) is 11.4 Å². The van der Waals surface area contributed by atoms with Crippen LogP contribution >= 0.6 is 11.8 Å². The Morgan fingerprint density at radius 3 is 2.44 bits per heavy atom. The van der Waals surface area contributed by atoms with Gasteiger partial charge >= 0.3 is 0 Å². The molecule has 36 heavy (non-hydrogen) atoms. The number of aromatic nitrogens is 1. The first-order valence-corrected chi connectivity index (χ1v) is 13.9. The van der Waals surface area contributed by atoms with Gasteiger partial charge in [0.15, 0.2) is 5.58 Å². The Bertz CT molecular complexity index is 1430.